The van der Waals surface area contributed by atoms with E-state index in [2.05, 4.69) is 41.6 Å². The van der Waals surface area contributed by atoms with Gasteiger partial charge in [-0.1, -0.05) is 63.1 Å². The van der Waals surface area contributed by atoms with Crippen LogP contribution in [0.3, 0.4) is 0 Å². The van der Waals surface area contributed by atoms with E-state index in [1.165, 1.54) is 17.7 Å². The summed E-state index contributed by atoms with van der Waals surface area (Å²) < 4.78 is 8.40. The molecule has 0 N–H and O–H groups in total. The Morgan fingerprint density at radius 3 is 2.63 bits per heavy atom. The predicted molar refractivity (Wildman–Crippen MR) is 85.4 cm³/mol. The van der Waals surface area contributed by atoms with Crippen LogP contribution in [0.15, 0.2) is 30.3 Å². The maximum atomic E-state index is 5.94. The Balaban J connectivity index is 0.000000861. The van der Waals surface area contributed by atoms with Crippen molar-refractivity contribution < 1.29 is 4.74 Å². The van der Waals surface area contributed by atoms with Crippen LogP contribution >= 0.6 is 11.9 Å². The summed E-state index contributed by atoms with van der Waals surface area (Å²) in [5.41, 5.74) is 1.31. The Hall–Kier alpha value is -0.510. The van der Waals surface area contributed by atoms with Crippen LogP contribution < -0.4 is 0 Å². The first-order valence-corrected chi connectivity index (χ1v) is 8.39. The first-order valence-electron chi connectivity index (χ1n) is 7.44. The standard InChI is InChI=1S/C14H21NOS.C2H6/c1-2-12-17-15-9-8-14(16-11-10-15)13-6-4-3-5-7-13;1-2/h3-7,14H,2,8-12H2,1H3;1-2H3. The van der Waals surface area contributed by atoms with Gasteiger partial charge in [0.15, 0.2) is 0 Å². The van der Waals surface area contributed by atoms with Crippen LogP contribution in [0, 0.1) is 0 Å². The van der Waals surface area contributed by atoms with E-state index >= 15 is 0 Å². The molecule has 3 heteroatoms. The van der Waals surface area contributed by atoms with E-state index in [9.17, 15) is 0 Å². The van der Waals surface area contributed by atoms with E-state index in [0.717, 1.165) is 26.1 Å². The number of ether oxygens (including phenoxy) is 1. The van der Waals surface area contributed by atoms with Gasteiger partial charge >= 0.3 is 0 Å². The van der Waals surface area contributed by atoms with Crippen molar-refractivity contribution >= 4 is 11.9 Å². The molecule has 1 aliphatic heterocycles. The number of hydrogen-bond donors (Lipinski definition) is 0. The largest absolute Gasteiger partial charge is 0.372 e. The number of hydrogen-bond acceptors (Lipinski definition) is 3. The molecule has 0 aliphatic carbocycles. The SMILES string of the molecule is CC.CCCSN1CCOC(c2ccccc2)CC1. The van der Waals surface area contributed by atoms with Crippen LogP contribution in [-0.2, 0) is 4.74 Å². The molecule has 0 saturated carbocycles. The molecule has 1 aliphatic rings. The molecule has 2 rings (SSSR count). The molecule has 1 saturated heterocycles. The van der Waals surface area contributed by atoms with Gasteiger partial charge in [0.25, 0.3) is 0 Å². The average Bonchev–Trinajstić information content (AvgIpc) is 2.74. The number of rotatable bonds is 4. The average molecular weight is 281 g/mol. The van der Waals surface area contributed by atoms with Gasteiger partial charge in [0.1, 0.15) is 0 Å². The third kappa shape index (κ3) is 5.98. The molecule has 1 unspecified atom stereocenters. The van der Waals surface area contributed by atoms with Crippen molar-refractivity contribution in [2.75, 3.05) is 25.4 Å². The smallest absolute Gasteiger partial charge is 0.0838 e. The molecule has 1 aromatic rings. The van der Waals surface area contributed by atoms with Crippen LogP contribution in [0.2, 0.25) is 0 Å². The van der Waals surface area contributed by atoms with Gasteiger partial charge in [-0.2, -0.15) is 0 Å². The topological polar surface area (TPSA) is 12.5 Å². The Labute approximate surface area is 122 Å². The lowest BCUT2D eigenvalue weighted by Crippen LogP contribution is -2.19. The highest BCUT2D eigenvalue weighted by molar-refractivity contribution is 7.97. The highest BCUT2D eigenvalue weighted by Gasteiger charge is 2.18. The second-order valence-corrected chi connectivity index (χ2v) is 5.50. The molecule has 108 valence electrons. The zero-order chi connectivity index (χ0) is 13.9. The van der Waals surface area contributed by atoms with Crippen molar-refractivity contribution in [3.63, 3.8) is 0 Å². The molecule has 1 heterocycles. The van der Waals surface area contributed by atoms with E-state index in [1.807, 2.05) is 25.8 Å². The maximum absolute atomic E-state index is 5.94. The molecular weight excluding hydrogens is 254 g/mol. The number of benzene rings is 1. The molecular formula is C16H27NOS. The fraction of sp³-hybridized carbons (Fsp3) is 0.625. The van der Waals surface area contributed by atoms with Gasteiger partial charge in [-0.3, -0.25) is 0 Å². The van der Waals surface area contributed by atoms with Crippen molar-refractivity contribution in [1.29, 1.82) is 0 Å². The normalized spacial score (nSPS) is 20.3. The minimum atomic E-state index is 0.281. The second kappa shape index (κ2) is 10.3. The molecule has 1 aromatic carbocycles. The van der Waals surface area contributed by atoms with Crippen molar-refractivity contribution in [3.05, 3.63) is 35.9 Å². The first kappa shape index (κ1) is 16.5. The summed E-state index contributed by atoms with van der Waals surface area (Å²) in [7, 11) is 0. The molecule has 2 nitrogen and oxygen atoms in total. The highest BCUT2D eigenvalue weighted by atomic mass is 32.2. The molecule has 0 bridgehead atoms. The van der Waals surface area contributed by atoms with Crippen LogP contribution in [0.5, 0.6) is 0 Å². The summed E-state index contributed by atoms with van der Waals surface area (Å²) in [5, 5.41) is 0. The monoisotopic (exact) mass is 281 g/mol. The zero-order valence-corrected chi connectivity index (χ0v) is 13.3. The van der Waals surface area contributed by atoms with Gasteiger partial charge in [0.2, 0.25) is 0 Å². The van der Waals surface area contributed by atoms with E-state index in [1.54, 1.807) is 0 Å². The van der Waals surface area contributed by atoms with Gasteiger partial charge < -0.3 is 4.74 Å². The molecule has 0 aromatic heterocycles. The second-order valence-electron chi connectivity index (χ2n) is 4.32. The summed E-state index contributed by atoms with van der Waals surface area (Å²) in [6.07, 6.45) is 2.62. The summed E-state index contributed by atoms with van der Waals surface area (Å²) in [4.78, 5) is 0. The van der Waals surface area contributed by atoms with Gasteiger partial charge in [0, 0.05) is 18.8 Å². The van der Waals surface area contributed by atoms with E-state index < -0.39 is 0 Å². The van der Waals surface area contributed by atoms with Crippen molar-refractivity contribution in [2.24, 2.45) is 0 Å². The molecule has 0 amide bonds. The Kier molecular flexibility index (Phi) is 8.97. The van der Waals surface area contributed by atoms with E-state index in [4.69, 9.17) is 4.74 Å². The van der Waals surface area contributed by atoms with Crippen molar-refractivity contribution in [3.8, 4) is 0 Å². The zero-order valence-electron chi connectivity index (χ0n) is 12.5. The minimum absolute atomic E-state index is 0.281. The lowest BCUT2D eigenvalue weighted by Gasteiger charge is -2.17. The Morgan fingerprint density at radius 2 is 1.95 bits per heavy atom. The molecule has 0 spiro atoms. The summed E-state index contributed by atoms with van der Waals surface area (Å²) in [5.74, 6) is 1.22. The number of nitrogens with zero attached hydrogens (tertiary/aromatic N) is 1. The van der Waals surface area contributed by atoms with Crippen LogP contribution in [0.1, 0.15) is 45.3 Å². The minimum Gasteiger partial charge on any atom is -0.372 e. The quantitative estimate of drug-likeness (QED) is 0.752. The molecule has 1 fully saturated rings. The lowest BCUT2D eigenvalue weighted by atomic mass is 10.1. The Bertz CT molecular complexity index is 318. The molecule has 19 heavy (non-hydrogen) atoms. The van der Waals surface area contributed by atoms with Gasteiger partial charge in [-0.25, -0.2) is 4.31 Å². The van der Waals surface area contributed by atoms with Gasteiger partial charge in [-0.05, 0) is 18.4 Å². The summed E-state index contributed by atoms with van der Waals surface area (Å²) >= 11 is 1.96. The summed E-state index contributed by atoms with van der Waals surface area (Å²) in [6.45, 7) is 9.25. The fourth-order valence-corrected chi connectivity index (χ4v) is 2.91. The van der Waals surface area contributed by atoms with Crippen molar-refractivity contribution in [1.82, 2.24) is 4.31 Å². The van der Waals surface area contributed by atoms with Crippen LogP contribution in [0.4, 0.5) is 0 Å². The van der Waals surface area contributed by atoms with Gasteiger partial charge in [-0.15, -0.1) is 0 Å². The molecule has 1 atom stereocenters. The summed E-state index contributed by atoms with van der Waals surface area (Å²) in [6, 6.07) is 10.6. The first-order chi connectivity index (χ1) is 9.40. The maximum Gasteiger partial charge on any atom is 0.0838 e. The Morgan fingerprint density at radius 1 is 1.21 bits per heavy atom. The lowest BCUT2D eigenvalue weighted by molar-refractivity contribution is 0.0635. The van der Waals surface area contributed by atoms with Crippen LogP contribution in [-0.4, -0.2) is 29.8 Å². The van der Waals surface area contributed by atoms with Crippen LogP contribution in [0.25, 0.3) is 0 Å². The van der Waals surface area contributed by atoms with E-state index in [-0.39, 0.29) is 6.10 Å². The van der Waals surface area contributed by atoms with Crippen molar-refractivity contribution in [2.45, 2.75) is 39.7 Å². The van der Waals surface area contributed by atoms with E-state index in [0.29, 0.717) is 0 Å². The predicted octanol–water partition coefficient (Wildman–Crippen LogP) is 4.53. The third-order valence-electron chi connectivity index (χ3n) is 2.95. The van der Waals surface area contributed by atoms with Gasteiger partial charge in [0.05, 0.1) is 12.7 Å². The fourth-order valence-electron chi connectivity index (χ4n) is 2.03. The molecule has 0 radical (unpaired) electrons. The highest BCUT2D eigenvalue weighted by Crippen LogP contribution is 2.25. The third-order valence-corrected chi connectivity index (χ3v) is 4.27.